The Kier molecular flexibility index (Phi) is 7.38. The highest BCUT2D eigenvalue weighted by Gasteiger charge is 2.12. The van der Waals surface area contributed by atoms with Crippen LogP contribution in [0.5, 0.6) is 0 Å². The SMILES string of the molecule is CCCCCCCC(Cl)c1cc(Cl)c(Br)s1. The summed E-state index contributed by atoms with van der Waals surface area (Å²) in [5.41, 5.74) is 0. The second-order valence-electron chi connectivity index (χ2n) is 3.94. The summed E-state index contributed by atoms with van der Waals surface area (Å²) in [6.45, 7) is 2.23. The first-order valence-electron chi connectivity index (χ1n) is 5.74. The van der Waals surface area contributed by atoms with Gasteiger partial charge in [-0.05, 0) is 28.4 Å². The second kappa shape index (κ2) is 7.97. The number of thiophene rings is 1. The van der Waals surface area contributed by atoms with Gasteiger partial charge in [-0.1, -0.05) is 50.6 Å². The van der Waals surface area contributed by atoms with Gasteiger partial charge in [0, 0.05) is 4.88 Å². The molecule has 0 amide bonds. The van der Waals surface area contributed by atoms with E-state index in [1.165, 1.54) is 37.0 Å². The molecule has 16 heavy (non-hydrogen) atoms. The summed E-state index contributed by atoms with van der Waals surface area (Å²) in [4.78, 5) is 1.18. The first-order chi connectivity index (χ1) is 7.65. The largest absolute Gasteiger partial charge is 0.130 e. The van der Waals surface area contributed by atoms with Crippen LogP contribution in [0.25, 0.3) is 0 Å². The summed E-state index contributed by atoms with van der Waals surface area (Å²) in [6, 6.07) is 1.97. The van der Waals surface area contributed by atoms with Crippen molar-refractivity contribution in [3.8, 4) is 0 Å². The van der Waals surface area contributed by atoms with Gasteiger partial charge in [0.1, 0.15) is 0 Å². The Morgan fingerprint density at radius 3 is 2.56 bits per heavy atom. The zero-order chi connectivity index (χ0) is 12.0. The summed E-state index contributed by atoms with van der Waals surface area (Å²) in [7, 11) is 0. The highest BCUT2D eigenvalue weighted by molar-refractivity contribution is 9.11. The zero-order valence-electron chi connectivity index (χ0n) is 9.44. The second-order valence-corrected chi connectivity index (χ2v) is 7.28. The lowest BCUT2D eigenvalue weighted by atomic mass is 10.1. The van der Waals surface area contributed by atoms with Crippen LogP contribution in [0.15, 0.2) is 9.85 Å². The number of unbranched alkanes of at least 4 members (excludes halogenated alkanes) is 4. The quantitative estimate of drug-likeness (QED) is 0.377. The number of hydrogen-bond acceptors (Lipinski definition) is 1. The average Bonchev–Trinajstić information content (AvgIpc) is 2.59. The predicted molar refractivity (Wildman–Crippen MR) is 79.0 cm³/mol. The van der Waals surface area contributed by atoms with Crippen molar-refractivity contribution in [1.29, 1.82) is 0 Å². The maximum absolute atomic E-state index is 6.34. The molecular formula is C12H17BrCl2S. The van der Waals surface area contributed by atoms with E-state index in [2.05, 4.69) is 22.9 Å². The molecule has 0 fully saturated rings. The van der Waals surface area contributed by atoms with E-state index in [0.29, 0.717) is 0 Å². The van der Waals surface area contributed by atoms with Gasteiger partial charge in [0.15, 0.2) is 0 Å². The number of hydrogen-bond donors (Lipinski definition) is 0. The molecule has 92 valence electrons. The Balaban J connectivity index is 2.27. The molecule has 1 rings (SSSR count). The molecule has 1 heterocycles. The Morgan fingerprint density at radius 1 is 1.31 bits per heavy atom. The third kappa shape index (κ3) is 4.95. The molecule has 0 aliphatic carbocycles. The van der Waals surface area contributed by atoms with Crippen LogP contribution in [0.2, 0.25) is 5.02 Å². The van der Waals surface area contributed by atoms with E-state index in [0.717, 1.165) is 15.2 Å². The van der Waals surface area contributed by atoms with Crippen LogP contribution in [0.4, 0.5) is 0 Å². The van der Waals surface area contributed by atoms with E-state index in [1.54, 1.807) is 11.3 Å². The standard InChI is InChI=1S/C12H17BrCl2S/c1-2-3-4-5-6-7-9(14)11-8-10(15)12(13)16-11/h8-9H,2-7H2,1H3. The minimum Gasteiger partial charge on any atom is -0.130 e. The molecule has 0 nitrogen and oxygen atoms in total. The Labute approximate surface area is 120 Å². The molecule has 1 atom stereocenters. The van der Waals surface area contributed by atoms with Gasteiger partial charge < -0.3 is 0 Å². The Hall–Kier alpha value is 0.760. The van der Waals surface area contributed by atoms with Crippen LogP contribution in [0.3, 0.4) is 0 Å². The van der Waals surface area contributed by atoms with Crippen molar-refractivity contribution in [3.05, 3.63) is 19.8 Å². The Morgan fingerprint density at radius 2 is 2.00 bits per heavy atom. The summed E-state index contributed by atoms with van der Waals surface area (Å²) >= 11 is 17.4. The number of alkyl halides is 1. The predicted octanol–water partition coefficient (Wildman–Crippen LogP) is 6.80. The molecule has 0 radical (unpaired) electrons. The molecule has 0 saturated heterocycles. The van der Waals surface area contributed by atoms with E-state index in [4.69, 9.17) is 23.2 Å². The fourth-order valence-corrected chi connectivity index (χ4v) is 3.70. The van der Waals surface area contributed by atoms with Gasteiger partial charge in [-0.15, -0.1) is 22.9 Å². The van der Waals surface area contributed by atoms with Gasteiger partial charge in [0.05, 0.1) is 14.2 Å². The van der Waals surface area contributed by atoms with Crippen molar-refractivity contribution < 1.29 is 0 Å². The molecule has 0 aliphatic heterocycles. The van der Waals surface area contributed by atoms with Gasteiger partial charge in [-0.2, -0.15) is 0 Å². The minimum atomic E-state index is 0.121. The first-order valence-corrected chi connectivity index (χ1v) is 8.16. The molecule has 0 bridgehead atoms. The van der Waals surface area contributed by atoms with Crippen molar-refractivity contribution in [1.82, 2.24) is 0 Å². The first kappa shape index (κ1) is 14.8. The van der Waals surface area contributed by atoms with E-state index >= 15 is 0 Å². The van der Waals surface area contributed by atoms with Crippen LogP contribution < -0.4 is 0 Å². The van der Waals surface area contributed by atoms with Crippen LogP contribution in [-0.2, 0) is 0 Å². The fraction of sp³-hybridized carbons (Fsp3) is 0.667. The van der Waals surface area contributed by atoms with Crippen LogP contribution in [0, 0.1) is 0 Å². The highest BCUT2D eigenvalue weighted by atomic mass is 79.9. The van der Waals surface area contributed by atoms with Crippen LogP contribution >= 0.6 is 50.5 Å². The summed E-state index contributed by atoms with van der Waals surface area (Å²) in [5.74, 6) is 0. The van der Waals surface area contributed by atoms with E-state index in [-0.39, 0.29) is 5.38 Å². The van der Waals surface area contributed by atoms with E-state index in [1.807, 2.05) is 6.07 Å². The van der Waals surface area contributed by atoms with Crippen LogP contribution in [-0.4, -0.2) is 0 Å². The molecule has 4 heteroatoms. The highest BCUT2D eigenvalue weighted by Crippen LogP contribution is 2.39. The molecule has 0 spiro atoms. The molecule has 1 aromatic heterocycles. The van der Waals surface area contributed by atoms with Gasteiger partial charge in [-0.3, -0.25) is 0 Å². The molecule has 0 aliphatic rings. The van der Waals surface area contributed by atoms with Crippen molar-refractivity contribution >= 4 is 50.5 Å². The van der Waals surface area contributed by atoms with Crippen molar-refractivity contribution in [2.75, 3.05) is 0 Å². The Bertz CT molecular complexity index is 292. The molecule has 1 aromatic rings. The van der Waals surface area contributed by atoms with Crippen LogP contribution in [0.1, 0.15) is 55.7 Å². The molecule has 1 unspecified atom stereocenters. The van der Waals surface area contributed by atoms with E-state index < -0.39 is 0 Å². The molecule has 0 aromatic carbocycles. The van der Waals surface area contributed by atoms with Crippen molar-refractivity contribution in [2.45, 2.75) is 50.8 Å². The monoisotopic (exact) mass is 342 g/mol. The third-order valence-electron chi connectivity index (χ3n) is 2.53. The van der Waals surface area contributed by atoms with E-state index in [9.17, 15) is 0 Å². The average molecular weight is 344 g/mol. The maximum Gasteiger partial charge on any atom is 0.0887 e. The zero-order valence-corrected chi connectivity index (χ0v) is 13.4. The lowest BCUT2D eigenvalue weighted by Crippen LogP contribution is -1.87. The molecular weight excluding hydrogens is 327 g/mol. The smallest absolute Gasteiger partial charge is 0.0887 e. The fourth-order valence-electron chi connectivity index (χ4n) is 1.59. The van der Waals surface area contributed by atoms with Crippen molar-refractivity contribution in [3.63, 3.8) is 0 Å². The summed E-state index contributed by atoms with van der Waals surface area (Å²) < 4.78 is 0.987. The molecule has 0 saturated carbocycles. The lowest BCUT2D eigenvalue weighted by Gasteiger charge is -2.06. The van der Waals surface area contributed by atoms with Gasteiger partial charge in [0.2, 0.25) is 0 Å². The third-order valence-corrected chi connectivity index (χ3v) is 5.71. The minimum absolute atomic E-state index is 0.121. The van der Waals surface area contributed by atoms with Crippen molar-refractivity contribution in [2.24, 2.45) is 0 Å². The summed E-state index contributed by atoms with van der Waals surface area (Å²) in [5, 5.41) is 0.895. The van der Waals surface area contributed by atoms with Gasteiger partial charge in [0.25, 0.3) is 0 Å². The summed E-state index contributed by atoms with van der Waals surface area (Å²) in [6.07, 6.45) is 7.50. The maximum atomic E-state index is 6.34. The topological polar surface area (TPSA) is 0 Å². The number of halogens is 3. The number of rotatable bonds is 7. The van der Waals surface area contributed by atoms with Gasteiger partial charge >= 0.3 is 0 Å². The van der Waals surface area contributed by atoms with Gasteiger partial charge in [-0.25, -0.2) is 0 Å². The molecule has 0 N–H and O–H groups in total. The lowest BCUT2D eigenvalue weighted by molar-refractivity contribution is 0.603. The normalized spacial score (nSPS) is 13.0.